The summed E-state index contributed by atoms with van der Waals surface area (Å²) in [5.74, 6) is -0.0561. The molecule has 0 spiro atoms. The zero-order valence-electron chi connectivity index (χ0n) is 21.7. The molecule has 1 saturated heterocycles. The van der Waals surface area contributed by atoms with E-state index in [9.17, 15) is 19.7 Å². The number of nitrogens with zero attached hydrogens (tertiary/aromatic N) is 4. The molecular formula is C29H32N4O4S. The fourth-order valence-electron chi connectivity index (χ4n) is 5.64. The summed E-state index contributed by atoms with van der Waals surface area (Å²) >= 11 is 1.82. The summed E-state index contributed by atoms with van der Waals surface area (Å²) in [7, 11) is 0. The average molecular weight is 533 g/mol. The molecule has 198 valence electrons. The van der Waals surface area contributed by atoms with Crippen LogP contribution in [0.4, 0.5) is 5.69 Å². The number of benzene rings is 2. The lowest BCUT2D eigenvalue weighted by Crippen LogP contribution is -2.55. The summed E-state index contributed by atoms with van der Waals surface area (Å²) in [5, 5.41) is 13.1. The molecule has 0 bridgehead atoms. The number of thiophene rings is 1. The molecule has 1 aromatic heterocycles. The number of piperazine rings is 1. The van der Waals surface area contributed by atoms with Crippen molar-refractivity contribution in [2.75, 3.05) is 32.7 Å². The number of hydrogen-bond donors (Lipinski definition) is 0. The highest BCUT2D eigenvalue weighted by molar-refractivity contribution is 7.10. The minimum atomic E-state index is -0.479. The molecule has 3 heterocycles. The summed E-state index contributed by atoms with van der Waals surface area (Å²) < 4.78 is 0. The van der Waals surface area contributed by atoms with Gasteiger partial charge in [0.2, 0.25) is 5.91 Å². The van der Waals surface area contributed by atoms with Crippen molar-refractivity contribution < 1.29 is 14.5 Å². The zero-order valence-corrected chi connectivity index (χ0v) is 22.5. The molecule has 0 radical (unpaired) electrons. The van der Waals surface area contributed by atoms with Gasteiger partial charge in [0.15, 0.2) is 0 Å². The van der Waals surface area contributed by atoms with Crippen LogP contribution in [0.2, 0.25) is 0 Å². The van der Waals surface area contributed by atoms with Gasteiger partial charge < -0.3 is 9.80 Å². The number of nitro benzene ring substituents is 1. The Morgan fingerprint density at radius 1 is 1.03 bits per heavy atom. The molecule has 2 unspecified atom stereocenters. The molecule has 2 aromatic carbocycles. The van der Waals surface area contributed by atoms with Crippen LogP contribution in [0.3, 0.4) is 0 Å². The molecule has 0 aliphatic carbocycles. The van der Waals surface area contributed by atoms with Gasteiger partial charge in [-0.25, -0.2) is 0 Å². The molecule has 3 aromatic rings. The van der Waals surface area contributed by atoms with Gasteiger partial charge in [-0.05, 0) is 60.5 Å². The van der Waals surface area contributed by atoms with Gasteiger partial charge in [0, 0.05) is 67.8 Å². The van der Waals surface area contributed by atoms with Crippen LogP contribution in [-0.4, -0.2) is 70.2 Å². The Labute approximate surface area is 226 Å². The monoisotopic (exact) mass is 532 g/mol. The fraction of sp³-hybridized carbons (Fsp3) is 0.379. The van der Waals surface area contributed by atoms with Crippen LogP contribution in [0.1, 0.15) is 51.3 Å². The van der Waals surface area contributed by atoms with E-state index in [1.54, 1.807) is 4.90 Å². The summed E-state index contributed by atoms with van der Waals surface area (Å²) in [6.45, 7) is 7.11. The number of carbonyl (C=O) groups excluding carboxylic acids is 2. The average Bonchev–Trinajstić information content (AvgIpc) is 3.40. The SMILES string of the molecule is Cc1ccccc1C1c2ccsc2CCN1CCC(=O)N1CCN(C(=O)c2ccc([N+](=O)[O-])cc2)C(C)C1. The summed E-state index contributed by atoms with van der Waals surface area (Å²) in [5.41, 5.74) is 4.29. The number of nitro groups is 1. The first-order valence-corrected chi connectivity index (χ1v) is 13.9. The Hall–Kier alpha value is -3.56. The minimum absolute atomic E-state index is 0.0430. The van der Waals surface area contributed by atoms with Gasteiger partial charge in [0.05, 0.1) is 11.0 Å². The van der Waals surface area contributed by atoms with E-state index in [0.29, 0.717) is 38.2 Å². The molecule has 0 saturated carbocycles. The lowest BCUT2D eigenvalue weighted by atomic mass is 9.90. The molecule has 2 aliphatic rings. The maximum absolute atomic E-state index is 13.3. The molecule has 9 heteroatoms. The van der Waals surface area contributed by atoms with Gasteiger partial charge in [-0.2, -0.15) is 0 Å². The highest BCUT2D eigenvalue weighted by atomic mass is 32.1. The molecule has 2 amide bonds. The number of carbonyl (C=O) groups is 2. The maximum atomic E-state index is 13.3. The highest BCUT2D eigenvalue weighted by Gasteiger charge is 2.33. The predicted octanol–water partition coefficient (Wildman–Crippen LogP) is 4.68. The summed E-state index contributed by atoms with van der Waals surface area (Å²) in [6.07, 6.45) is 1.44. The van der Waals surface area contributed by atoms with E-state index in [4.69, 9.17) is 0 Å². The Morgan fingerprint density at radius 3 is 2.50 bits per heavy atom. The van der Waals surface area contributed by atoms with Gasteiger partial charge in [0.25, 0.3) is 11.6 Å². The lowest BCUT2D eigenvalue weighted by molar-refractivity contribution is -0.384. The van der Waals surface area contributed by atoms with Crippen LogP contribution in [0.25, 0.3) is 0 Å². The van der Waals surface area contributed by atoms with Crippen LogP contribution < -0.4 is 0 Å². The second kappa shape index (κ2) is 11.0. The van der Waals surface area contributed by atoms with E-state index in [1.807, 2.05) is 23.2 Å². The van der Waals surface area contributed by atoms with E-state index in [1.165, 1.54) is 45.8 Å². The third-order valence-electron chi connectivity index (χ3n) is 7.73. The van der Waals surface area contributed by atoms with Crippen LogP contribution in [0.5, 0.6) is 0 Å². The molecule has 2 aliphatic heterocycles. The molecule has 0 N–H and O–H groups in total. The van der Waals surface area contributed by atoms with E-state index < -0.39 is 4.92 Å². The fourth-order valence-corrected chi connectivity index (χ4v) is 6.55. The third-order valence-corrected chi connectivity index (χ3v) is 8.72. The number of aryl methyl sites for hydroxylation is 1. The van der Waals surface area contributed by atoms with Gasteiger partial charge in [-0.15, -0.1) is 11.3 Å². The Bertz CT molecular complexity index is 1340. The van der Waals surface area contributed by atoms with Crippen molar-refractivity contribution in [3.63, 3.8) is 0 Å². The number of rotatable bonds is 6. The Kier molecular flexibility index (Phi) is 7.58. The second-order valence-electron chi connectivity index (χ2n) is 10.1. The Balaban J connectivity index is 1.21. The van der Waals surface area contributed by atoms with Crippen molar-refractivity contribution in [2.45, 2.75) is 38.8 Å². The Morgan fingerprint density at radius 2 is 1.79 bits per heavy atom. The van der Waals surface area contributed by atoms with Gasteiger partial charge in [-0.3, -0.25) is 24.6 Å². The molecule has 8 nitrogen and oxygen atoms in total. The van der Waals surface area contributed by atoms with E-state index in [-0.39, 0.29) is 29.6 Å². The summed E-state index contributed by atoms with van der Waals surface area (Å²) in [6, 6.07) is 16.4. The molecular weight excluding hydrogens is 500 g/mol. The second-order valence-corrected chi connectivity index (χ2v) is 11.1. The third kappa shape index (κ3) is 5.21. The smallest absolute Gasteiger partial charge is 0.269 e. The largest absolute Gasteiger partial charge is 0.339 e. The molecule has 38 heavy (non-hydrogen) atoms. The number of hydrogen-bond acceptors (Lipinski definition) is 6. The molecule has 1 fully saturated rings. The minimum Gasteiger partial charge on any atom is -0.339 e. The quantitative estimate of drug-likeness (QED) is 0.340. The first kappa shape index (κ1) is 26.1. The zero-order chi connectivity index (χ0) is 26.8. The normalized spacial score (nSPS) is 19.7. The van der Waals surface area contributed by atoms with Crippen molar-refractivity contribution in [3.05, 3.63) is 97.2 Å². The predicted molar refractivity (Wildman–Crippen MR) is 147 cm³/mol. The van der Waals surface area contributed by atoms with Crippen LogP contribution in [0, 0.1) is 17.0 Å². The molecule has 2 atom stereocenters. The van der Waals surface area contributed by atoms with Gasteiger partial charge in [0.1, 0.15) is 0 Å². The first-order chi connectivity index (χ1) is 18.3. The van der Waals surface area contributed by atoms with E-state index >= 15 is 0 Å². The van der Waals surface area contributed by atoms with Crippen molar-refractivity contribution in [1.82, 2.24) is 14.7 Å². The van der Waals surface area contributed by atoms with Gasteiger partial charge in [-0.1, -0.05) is 24.3 Å². The maximum Gasteiger partial charge on any atom is 0.269 e. The molecule has 5 rings (SSSR count). The van der Waals surface area contributed by atoms with Crippen LogP contribution in [-0.2, 0) is 11.2 Å². The number of fused-ring (bicyclic) bond motifs is 1. The van der Waals surface area contributed by atoms with Gasteiger partial charge >= 0.3 is 0 Å². The highest BCUT2D eigenvalue weighted by Crippen LogP contribution is 2.39. The standard InChI is InChI=1S/C29H32N4O4S/c1-20-5-3-4-6-24(20)28-25-13-18-38-26(25)11-14-30(28)15-12-27(34)31-16-17-32(21(2)19-31)29(35)22-7-9-23(10-8-22)33(36)37/h3-10,13,18,21,28H,11-12,14-17,19H2,1-2H3. The first-order valence-electron chi connectivity index (χ1n) is 13.0. The van der Waals surface area contributed by atoms with E-state index in [2.05, 4.69) is 47.5 Å². The topological polar surface area (TPSA) is 87.0 Å². The van der Waals surface area contributed by atoms with Crippen LogP contribution >= 0.6 is 11.3 Å². The van der Waals surface area contributed by atoms with Crippen molar-refractivity contribution in [1.29, 1.82) is 0 Å². The lowest BCUT2D eigenvalue weighted by Gasteiger charge is -2.41. The number of amides is 2. The van der Waals surface area contributed by atoms with Crippen molar-refractivity contribution in [2.24, 2.45) is 0 Å². The van der Waals surface area contributed by atoms with Crippen molar-refractivity contribution in [3.8, 4) is 0 Å². The summed E-state index contributed by atoms with van der Waals surface area (Å²) in [4.78, 5) is 44.2. The van der Waals surface area contributed by atoms with E-state index in [0.717, 1.165) is 13.0 Å². The number of non-ortho nitro benzene ring substituents is 1. The van der Waals surface area contributed by atoms with Crippen LogP contribution in [0.15, 0.2) is 60.0 Å². The van der Waals surface area contributed by atoms with Crippen molar-refractivity contribution >= 4 is 28.8 Å².